The summed E-state index contributed by atoms with van der Waals surface area (Å²) >= 11 is 0. The summed E-state index contributed by atoms with van der Waals surface area (Å²) in [7, 11) is 1.62. The predicted octanol–water partition coefficient (Wildman–Crippen LogP) is 6.31. The Hall–Kier alpha value is -3.27. The van der Waals surface area contributed by atoms with Gasteiger partial charge in [0.05, 0.1) is 18.2 Å². The second-order valence-electron chi connectivity index (χ2n) is 8.40. The minimum absolute atomic E-state index is 0.0959. The van der Waals surface area contributed by atoms with Gasteiger partial charge in [-0.3, -0.25) is 4.79 Å². The van der Waals surface area contributed by atoms with Gasteiger partial charge in [0.1, 0.15) is 17.1 Å². The molecule has 1 aliphatic heterocycles. The number of nitrogens with zero attached hydrogens (tertiary/aromatic N) is 1. The van der Waals surface area contributed by atoms with Crippen LogP contribution in [0.3, 0.4) is 0 Å². The van der Waals surface area contributed by atoms with E-state index in [9.17, 15) is 4.79 Å². The molecular formula is C26H27NO3. The molecule has 4 rings (SSSR count). The Morgan fingerprint density at radius 3 is 2.67 bits per heavy atom. The topological polar surface area (TPSA) is 40.5 Å². The van der Waals surface area contributed by atoms with Crippen molar-refractivity contribution in [1.82, 2.24) is 4.57 Å². The summed E-state index contributed by atoms with van der Waals surface area (Å²) in [6.07, 6.45) is 9.56. The fourth-order valence-electron chi connectivity index (χ4n) is 3.85. The van der Waals surface area contributed by atoms with E-state index < -0.39 is 5.60 Å². The number of fused-ring (bicyclic) bond motifs is 2. The van der Waals surface area contributed by atoms with Crippen LogP contribution in [-0.2, 0) is 0 Å². The van der Waals surface area contributed by atoms with Gasteiger partial charge in [-0.15, -0.1) is 0 Å². The van der Waals surface area contributed by atoms with E-state index in [0.29, 0.717) is 23.1 Å². The Morgan fingerprint density at radius 1 is 1.17 bits per heavy atom. The molecule has 4 heteroatoms. The number of para-hydroxylation sites is 1. The molecule has 2 aromatic carbocycles. The molecule has 0 aliphatic carbocycles. The number of rotatable bonds is 5. The van der Waals surface area contributed by atoms with E-state index >= 15 is 0 Å². The van der Waals surface area contributed by atoms with Crippen molar-refractivity contribution in [3.8, 4) is 11.5 Å². The quantitative estimate of drug-likeness (QED) is 0.371. The van der Waals surface area contributed by atoms with Gasteiger partial charge in [-0.2, -0.15) is 0 Å². The lowest BCUT2D eigenvalue weighted by Crippen LogP contribution is -2.28. The molecule has 154 valence electrons. The second kappa shape index (κ2) is 7.52. The van der Waals surface area contributed by atoms with Crippen LogP contribution in [0.15, 0.2) is 54.7 Å². The smallest absolute Gasteiger partial charge is 0.189 e. The maximum Gasteiger partial charge on any atom is 0.189 e. The Bertz CT molecular complexity index is 1180. The Morgan fingerprint density at radius 2 is 1.93 bits per heavy atom. The monoisotopic (exact) mass is 401 g/mol. The first-order valence-corrected chi connectivity index (χ1v) is 10.2. The molecule has 0 atom stereocenters. The van der Waals surface area contributed by atoms with Crippen molar-refractivity contribution in [2.75, 3.05) is 7.11 Å². The first kappa shape index (κ1) is 20.0. The second-order valence-corrected chi connectivity index (χ2v) is 8.40. The first-order valence-electron chi connectivity index (χ1n) is 10.2. The number of carbonyl (C=O) groups excluding carboxylic acids is 1. The van der Waals surface area contributed by atoms with E-state index in [-0.39, 0.29) is 5.78 Å². The third kappa shape index (κ3) is 3.54. The van der Waals surface area contributed by atoms with Gasteiger partial charge in [0.15, 0.2) is 5.78 Å². The maximum absolute atomic E-state index is 13.1. The zero-order chi connectivity index (χ0) is 21.5. The molecule has 0 saturated heterocycles. The molecule has 1 aliphatic rings. The van der Waals surface area contributed by atoms with Gasteiger partial charge >= 0.3 is 0 Å². The summed E-state index contributed by atoms with van der Waals surface area (Å²) in [6, 6.07) is 12.2. The minimum atomic E-state index is -0.483. The molecule has 30 heavy (non-hydrogen) atoms. The number of aromatic nitrogens is 1. The average molecular weight is 402 g/mol. The van der Waals surface area contributed by atoms with E-state index in [2.05, 4.69) is 36.7 Å². The number of benzene rings is 2. The maximum atomic E-state index is 13.1. The predicted molar refractivity (Wildman–Crippen MR) is 122 cm³/mol. The zero-order valence-electron chi connectivity index (χ0n) is 18.1. The van der Waals surface area contributed by atoms with Crippen molar-refractivity contribution < 1.29 is 14.3 Å². The van der Waals surface area contributed by atoms with Crippen LogP contribution in [0.2, 0.25) is 0 Å². The van der Waals surface area contributed by atoms with Gasteiger partial charge in [-0.1, -0.05) is 18.2 Å². The molecule has 0 radical (unpaired) electrons. The standard InChI is InChI=1S/C26H27NO3/c1-17(2)27-16-18(19-8-6-7-9-22(19)27)10-12-23(28)20-11-13-24(29-5)21-14-15-26(3,4)30-25(20)21/h6-17H,1-5H3/b12-10+. The fraction of sp³-hybridized carbons (Fsp3) is 0.269. The number of hydrogen-bond acceptors (Lipinski definition) is 3. The fourth-order valence-corrected chi connectivity index (χ4v) is 3.85. The average Bonchev–Trinajstić information content (AvgIpc) is 3.09. The third-order valence-corrected chi connectivity index (χ3v) is 5.40. The number of allylic oxidation sites excluding steroid dienone is 1. The number of ketones is 1. The highest BCUT2D eigenvalue weighted by Gasteiger charge is 2.27. The Balaban J connectivity index is 1.73. The summed E-state index contributed by atoms with van der Waals surface area (Å²) in [4.78, 5) is 13.1. The van der Waals surface area contributed by atoms with E-state index in [1.54, 1.807) is 19.3 Å². The molecule has 1 aromatic heterocycles. The van der Waals surface area contributed by atoms with Crippen LogP contribution in [0.1, 0.15) is 55.2 Å². The third-order valence-electron chi connectivity index (χ3n) is 5.40. The van der Waals surface area contributed by atoms with Gasteiger partial charge < -0.3 is 14.0 Å². The van der Waals surface area contributed by atoms with Crippen molar-refractivity contribution in [3.63, 3.8) is 0 Å². The number of methoxy groups -OCH3 is 1. The van der Waals surface area contributed by atoms with E-state index in [1.807, 2.05) is 50.3 Å². The molecule has 0 N–H and O–H groups in total. The van der Waals surface area contributed by atoms with Gasteiger partial charge in [0, 0.05) is 28.7 Å². The molecule has 0 spiro atoms. The van der Waals surface area contributed by atoms with E-state index in [0.717, 1.165) is 22.0 Å². The number of ether oxygens (including phenoxy) is 2. The highest BCUT2D eigenvalue weighted by Crippen LogP contribution is 2.40. The molecule has 4 nitrogen and oxygen atoms in total. The van der Waals surface area contributed by atoms with E-state index in [4.69, 9.17) is 9.47 Å². The summed E-state index contributed by atoms with van der Waals surface area (Å²) in [5, 5.41) is 1.13. The highest BCUT2D eigenvalue weighted by molar-refractivity contribution is 6.10. The molecule has 0 unspecified atom stereocenters. The van der Waals surface area contributed by atoms with Crippen LogP contribution in [0.4, 0.5) is 0 Å². The molecule has 0 bridgehead atoms. The SMILES string of the molecule is COc1ccc(C(=O)/C=C/c2cn(C(C)C)c3ccccc23)c2c1C=CC(C)(C)O2. The normalized spacial score (nSPS) is 14.9. The molecule has 3 aromatic rings. The number of hydrogen-bond donors (Lipinski definition) is 0. The van der Waals surface area contributed by atoms with Gasteiger partial charge in [0.2, 0.25) is 0 Å². The Labute approximate surface area is 177 Å². The van der Waals surface area contributed by atoms with Gasteiger partial charge in [-0.05, 0) is 70.2 Å². The lowest BCUT2D eigenvalue weighted by atomic mass is 9.97. The largest absolute Gasteiger partial charge is 0.496 e. The van der Waals surface area contributed by atoms with Crippen molar-refractivity contribution in [2.45, 2.75) is 39.3 Å². The lowest BCUT2D eigenvalue weighted by molar-refractivity contribution is 0.103. The number of carbonyl (C=O) groups is 1. The zero-order valence-corrected chi connectivity index (χ0v) is 18.1. The van der Waals surface area contributed by atoms with Crippen LogP contribution < -0.4 is 9.47 Å². The Kier molecular flexibility index (Phi) is 5.02. The van der Waals surface area contributed by atoms with Crippen LogP contribution in [0, 0.1) is 0 Å². The van der Waals surface area contributed by atoms with E-state index in [1.165, 1.54) is 0 Å². The summed E-state index contributed by atoms with van der Waals surface area (Å²) in [5.41, 5.74) is 3.04. The van der Waals surface area contributed by atoms with Crippen molar-refractivity contribution >= 4 is 28.8 Å². The van der Waals surface area contributed by atoms with Crippen LogP contribution >= 0.6 is 0 Å². The van der Waals surface area contributed by atoms with Crippen molar-refractivity contribution in [3.05, 3.63) is 71.4 Å². The van der Waals surface area contributed by atoms with Crippen LogP contribution in [0.25, 0.3) is 23.1 Å². The molecule has 0 amide bonds. The lowest BCUT2D eigenvalue weighted by Gasteiger charge is -2.29. The highest BCUT2D eigenvalue weighted by atomic mass is 16.5. The van der Waals surface area contributed by atoms with Gasteiger partial charge in [0.25, 0.3) is 0 Å². The summed E-state index contributed by atoms with van der Waals surface area (Å²) in [5.74, 6) is 1.17. The van der Waals surface area contributed by atoms with Crippen molar-refractivity contribution in [2.24, 2.45) is 0 Å². The summed E-state index contributed by atoms with van der Waals surface area (Å²) < 4.78 is 13.8. The first-order chi connectivity index (χ1) is 14.3. The molecule has 2 heterocycles. The molecule has 0 fully saturated rings. The minimum Gasteiger partial charge on any atom is -0.496 e. The van der Waals surface area contributed by atoms with Crippen LogP contribution in [0.5, 0.6) is 11.5 Å². The molecular weight excluding hydrogens is 374 g/mol. The molecule has 0 saturated carbocycles. The summed E-state index contributed by atoms with van der Waals surface area (Å²) in [6.45, 7) is 8.25. The van der Waals surface area contributed by atoms with Crippen molar-refractivity contribution in [1.29, 1.82) is 0 Å². The van der Waals surface area contributed by atoms with Gasteiger partial charge in [-0.25, -0.2) is 0 Å². The van der Waals surface area contributed by atoms with Crippen LogP contribution in [-0.4, -0.2) is 23.1 Å².